The Hall–Kier alpha value is -2.74. The second-order valence-electron chi connectivity index (χ2n) is 6.30. The standard InChI is InChI=1S/C21H16ClN3O2S2/c1-12-24-16(11-28-12)13-6-8-14(9-7-13)25-18(26)10-23-21(27)20-19(22)15-4-2-3-5-17(15)29-20/h2-9,11H,10H2,1H3,(H,23,27)(H,25,26). The zero-order valence-corrected chi connectivity index (χ0v) is 17.8. The second-order valence-corrected chi connectivity index (χ2v) is 8.79. The number of rotatable bonds is 5. The summed E-state index contributed by atoms with van der Waals surface area (Å²) in [7, 11) is 0. The highest BCUT2D eigenvalue weighted by molar-refractivity contribution is 7.21. The summed E-state index contributed by atoms with van der Waals surface area (Å²) in [6.07, 6.45) is 0. The van der Waals surface area contributed by atoms with Gasteiger partial charge < -0.3 is 10.6 Å². The Kier molecular flexibility index (Phi) is 5.62. The van der Waals surface area contributed by atoms with Gasteiger partial charge in [-0.25, -0.2) is 4.98 Å². The van der Waals surface area contributed by atoms with Gasteiger partial charge in [-0.3, -0.25) is 9.59 Å². The first-order valence-electron chi connectivity index (χ1n) is 8.79. The lowest BCUT2D eigenvalue weighted by Crippen LogP contribution is -2.32. The van der Waals surface area contributed by atoms with Crippen molar-refractivity contribution < 1.29 is 9.59 Å². The van der Waals surface area contributed by atoms with Gasteiger partial charge in [-0.2, -0.15) is 0 Å². The van der Waals surface area contributed by atoms with Crippen LogP contribution in [0.1, 0.15) is 14.7 Å². The average molecular weight is 442 g/mol. The Morgan fingerprint density at radius 2 is 1.86 bits per heavy atom. The van der Waals surface area contributed by atoms with Gasteiger partial charge in [0.05, 0.1) is 22.3 Å². The van der Waals surface area contributed by atoms with Crippen molar-refractivity contribution in [3.05, 3.63) is 68.8 Å². The Morgan fingerprint density at radius 1 is 1.10 bits per heavy atom. The fourth-order valence-corrected chi connectivity index (χ4v) is 4.88. The van der Waals surface area contributed by atoms with Crippen molar-refractivity contribution in [2.45, 2.75) is 6.92 Å². The molecule has 2 amide bonds. The van der Waals surface area contributed by atoms with Gasteiger partial charge in [0.2, 0.25) is 5.91 Å². The number of aromatic nitrogens is 1. The molecule has 0 bridgehead atoms. The van der Waals surface area contributed by atoms with Gasteiger partial charge >= 0.3 is 0 Å². The number of carbonyl (C=O) groups is 2. The van der Waals surface area contributed by atoms with Gasteiger partial charge in [-0.1, -0.05) is 41.9 Å². The predicted molar refractivity (Wildman–Crippen MR) is 120 cm³/mol. The summed E-state index contributed by atoms with van der Waals surface area (Å²) in [6.45, 7) is 1.82. The van der Waals surface area contributed by atoms with Crippen molar-refractivity contribution in [3.8, 4) is 11.3 Å². The summed E-state index contributed by atoms with van der Waals surface area (Å²) in [5, 5.41) is 9.65. The van der Waals surface area contributed by atoms with E-state index in [-0.39, 0.29) is 18.4 Å². The number of amides is 2. The summed E-state index contributed by atoms with van der Waals surface area (Å²) in [5.41, 5.74) is 2.55. The first kappa shape index (κ1) is 19.6. The number of thiophene rings is 1. The van der Waals surface area contributed by atoms with Crippen molar-refractivity contribution in [1.29, 1.82) is 0 Å². The molecule has 146 valence electrons. The van der Waals surface area contributed by atoms with Gasteiger partial charge in [-0.05, 0) is 25.1 Å². The van der Waals surface area contributed by atoms with E-state index >= 15 is 0 Å². The number of fused-ring (bicyclic) bond motifs is 1. The van der Waals surface area contributed by atoms with Crippen LogP contribution in [-0.4, -0.2) is 23.3 Å². The van der Waals surface area contributed by atoms with Crippen molar-refractivity contribution in [2.75, 3.05) is 11.9 Å². The lowest BCUT2D eigenvalue weighted by Gasteiger charge is -2.07. The van der Waals surface area contributed by atoms with Gasteiger partial charge in [0.1, 0.15) is 4.88 Å². The van der Waals surface area contributed by atoms with Crippen LogP contribution in [0.4, 0.5) is 5.69 Å². The van der Waals surface area contributed by atoms with Crippen molar-refractivity contribution >= 4 is 61.9 Å². The third-order valence-corrected chi connectivity index (χ3v) is 6.68. The minimum atomic E-state index is -0.361. The molecule has 0 atom stereocenters. The molecule has 0 aliphatic carbocycles. The van der Waals surface area contributed by atoms with Crippen molar-refractivity contribution in [3.63, 3.8) is 0 Å². The van der Waals surface area contributed by atoms with Crippen LogP contribution in [0, 0.1) is 6.92 Å². The van der Waals surface area contributed by atoms with E-state index in [1.165, 1.54) is 11.3 Å². The minimum Gasteiger partial charge on any atom is -0.342 e. The van der Waals surface area contributed by atoms with Gasteiger partial charge in [-0.15, -0.1) is 22.7 Å². The highest BCUT2D eigenvalue weighted by Crippen LogP contribution is 2.34. The second kappa shape index (κ2) is 8.32. The predicted octanol–water partition coefficient (Wildman–Crippen LogP) is 5.36. The SMILES string of the molecule is Cc1nc(-c2ccc(NC(=O)CNC(=O)c3sc4ccccc4c3Cl)cc2)cs1. The van der Waals surface area contributed by atoms with Crippen LogP contribution in [0.3, 0.4) is 0 Å². The normalized spacial score (nSPS) is 10.8. The molecule has 29 heavy (non-hydrogen) atoms. The van der Waals surface area contributed by atoms with E-state index in [0.29, 0.717) is 15.6 Å². The number of aryl methyl sites for hydroxylation is 1. The summed E-state index contributed by atoms with van der Waals surface area (Å²) in [4.78, 5) is 29.5. The molecule has 2 aromatic carbocycles. The number of hydrogen-bond donors (Lipinski definition) is 2. The Balaban J connectivity index is 1.36. The van der Waals surface area contributed by atoms with E-state index in [1.807, 2.05) is 60.8 Å². The minimum absolute atomic E-state index is 0.142. The van der Waals surface area contributed by atoms with E-state index in [1.54, 1.807) is 11.3 Å². The third-order valence-electron chi connectivity index (χ3n) is 4.23. The van der Waals surface area contributed by atoms with Crippen LogP contribution in [0.15, 0.2) is 53.9 Å². The van der Waals surface area contributed by atoms with E-state index in [0.717, 1.165) is 26.4 Å². The van der Waals surface area contributed by atoms with Crippen LogP contribution < -0.4 is 10.6 Å². The molecule has 0 saturated heterocycles. The van der Waals surface area contributed by atoms with Crippen molar-refractivity contribution in [1.82, 2.24) is 10.3 Å². The molecule has 0 unspecified atom stereocenters. The number of carbonyl (C=O) groups excluding carboxylic acids is 2. The maximum Gasteiger partial charge on any atom is 0.263 e. The molecule has 4 aromatic rings. The van der Waals surface area contributed by atoms with E-state index < -0.39 is 0 Å². The molecule has 2 N–H and O–H groups in total. The lowest BCUT2D eigenvalue weighted by molar-refractivity contribution is -0.115. The number of nitrogens with zero attached hydrogens (tertiary/aromatic N) is 1. The summed E-state index contributed by atoms with van der Waals surface area (Å²) >= 11 is 9.21. The van der Waals surface area contributed by atoms with E-state index in [2.05, 4.69) is 15.6 Å². The van der Waals surface area contributed by atoms with Crippen LogP contribution in [0.25, 0.3) is 21.3 Å². The smallest absolute Gasteiger partial charge is 0.263 e. The molecule has 4 rings (SSSR count). The number of hydrogen-bond acceptors (Lipinski definition) is 5. The quantitative estimate of drug-likeness (QED) is 0.438. The molecule has 0 radical (unpaired) electrons. The van der Waals surface area contributed by atoms with Crippen LogP contribution in [0.5, 0.6) is 0 Å². The molecule has 0 saturated carbocycles. The Bertz CT molecular complexity index is 1200. The average Bonchev–Trinajstić information content (AvgIpc) is 3.31. The Labute approximate surface area is 180 Å². The van der Waals surface area contributed by atoms with Crippen LogP contribution in [-0.2, 0) is 4.79 Å². The highest BCUT2D eigenvalue weighted by atomic mass is 35.5. The molecule has 8 heteroatoms. The molecule has 5 nitrogen and oxygen atoms in total. The lowest BCUT2D eigenvalue weighted by atomic mass is 10.1. The molecular formula is C21H16ClN3O2S2. The first-order chi connectivity index (χ1) is 14.0. The summed E-state index contributed by atoms with van der Waals surface area (Å²) in [5.74, 6) is -0.673. The zero-order valence-electron chi connectivity index (χ0n) is 15.4. The number of anilines is 1. The monoisotopic (exact) mass is 441 g/mol. The van der Waals surface area contributed by atoms with Crippen LogP contribution in [0.2, 0.25) is 5.02 Å². The molecule has 0 fully saturated rings. The fourth-order valence-electron chi connectivity index (χ4n) is 2.83. The Morgan fingerprint density at radius 3 is 2.55 bits per heavy atom. The molecule has 2 heterocycles. The van der Waals surface area contributed by atoms with Gasteiger partial charge in [0, 0.05) is 26.7 Å². The largest absolute Gasteiger partial charge is 0.342 e. The molecule has 0 spiro atoms. The van der Waals surface area contributed by atoms with Crippen molar-refractivity contribution in [2.24, 2.45) is 0 Å². The van der Waals surface area contributed by atoms with E-state index in [9.17, 15) is 9.59 Å². The highest BCUT2D eigenvalue weighted by Gasteiger charge is 2.17. The molecule has 2 aromatic heterocycles. The van der Waals surface area contributed by atoms with Gasteiger partial charge in [0.25, 0.3) is 5.91 Å². The summed E-state index contributed by atoms with van der Waals surface area (Å²) in [6, 6.07) is 15.0. The zero-order chi connectivity index (χ0) is 20.4. The summed E-state index contributed by atoms with van der Waals surface area (Å²) < 4.78 is 0.933. The third kappa shape index (κ3) is 4.32. The number of nitrogens with one attached hydrogen (secondary N) is 2. The fraction of sp³-hybridized carbons (Fsp3) is 0.0952. The maximum absolute atomic E-state index is 12.4. The maximum atomic E-state index is 12.4. The number of halogens is 1. The molecule has 0 aliphatic heterocycles. The number of thiazole rings is 1. The molecular weight excluding hydrogens is 426 g/mol. The van der Waals surface area contributed by atoms with Gasteiger partial charge in [0.15, 0.2) is 0 Å². The van der Waals surface area contributed by atoms with E-state index in [4.69, 9.17) is 11.6 Å². The van der Waals surface area contributed by atoms with Crippen LogP contribution >= 0.6 is 34.3 Å². The first-order valence-corrected chi connectivity index (χ1v) is 10.9. The topological polar surface area (TPSA) is 71.1 Å². The number of benzene rings is 2. The molecule has 0 aliphatic rings.